The van der Waals surface area contributed by atoms with Gasteiger partial charge >= 0.3 is 0 Å². The van der Waals surface area contributed by atoms with E-state index in [0.717, 1.165) is 5.69 Å². The Morgan fingerprint density at radius 2 is 2.50 bits per heavy atom. The van der Waals surface area contributed by atoms with Crippen LogP contribution < -0.4 is 0 Å². The molecular weight excluding hydrogens is 120 g/mol. The number of aryl methyl sites for hydroxylation is 1. The highest BCUT2D eigenvalue weighted by atomic mass is 32.1. The largest absolute Gasteiger partial charge is 0.350 e. The molecule has 0 fully saturated rings. The van der Waals surface area contributed by atoms with Gasteiger partial charge in [-0.15, -0.1) is 0 Å². The molecule has 0 unspecified atom stereocenters. The van der Waals surface area contributed by atoms with Crippen LogP contribution in [0.3, 0.4) is 0 Å². The van der Waals surface area contributed by atoms with Crippen molar-refractivity contribution < 1.29 is 0 Å². The summed E-state index contributed by atoms with van der Waals surface area (Å²) in [6.07, 6.45) is 3.40. The van der Waals surface area contributed by atoms with Gasteiger partial charge in [0.2, 0.25) is 0 Å². The number of nitrogens with one attached hydrogen (secondary N) is 1. The minimum Gasteiger partial charge on any atom is -0.350 e. The van der Waals surface area contributed by atoms with E-state index in [9.17, 15) is 0 Å². The fourth-order valence-electron chi connectivity index (χ4n) is 0.425. The molecule has 1 aromatic heterocycles. The van der Waals surface area contributed by atoms with Crippen molar-refractivity contribution in [1.82, 2.24) is 9.97 Å². The Kier molecular flexibility index (Phi) is 1.39. The molecule has 0 aliphatic rings. The standard InChI is InChI=1S/C5H6N2S/c1-4-5(8)7-3-2-6-4/h2-3H,1H3,(H,7,8). The van der Waals surface area contributed by atoms with Crippen molar-refractivity contribution in [3.63, 3.8) is 0 Å². The van der Waals surface area contributed by atoms with E-state index in [1.807, 2.05) is 6.92 Å². The number of aromatic amines is 1. The highest BCUT2D eigenvalue weighted by Crippen LogP contribution is 1.88. The van der Waals surface area contributed by atoms with Crippen molar-refractivity contribution in [2.24, 2.45) is 0 Å². The van der Waals surface area contributed by atoms with Gasteiger partial charge in [-0.3, -0.25) is 4.98 Å². The molecule has 0 amide bonds. The van der Waals surface area contributed by atoms with Crippen LogP contribution in [0.5, 0.6) is 0 Å². The minimum atomic E-state index is 0.715. The lowest BCUT2D eigenvalue weighted by molar-refractivity contribution is 1.10. The van der Waals surface area contributed by atoms with Crippen LogP contribution >= 0.6 is 12.2 Å². The van der Waals surface area contributed by atoms with Crippen molar-refractivity contribution in [3.8, 4) is 0 Å². The van der Waals surface area contributed by atoms with Gasteiger partial charge < -0.3 is 4.98 Å². The van der Waals surface area contributed by atoms with Crippen LogP contribution in [0.15, 0.2) is 12.4 Å². The van der Waals surface area contributed by atoms with Crippen molar-refractivity contribution >= 4 is 12.2 Å². The lowest BCUT2D eigenvalue weighted by Gasteiger charge is -1.86. The average molecular weight is 126 g/mol. The van der Waals surface area contributed by atoms with Gasteiger partial charge in [0.05, 0.1) is 5.69 Å². The molecular formula is C5H6N2S. The highest BCUT2D eigenvalue weighted by molar-refractivity contribution is 7.71. The van der Waals surface area contributed by atoms with E-state index in [2.05, 4.69) is 9.97 Å². The summed E-state index contributed by atoms with van der Waals surface area (Å²) in [5.74, 6) is 0. The van der Waals surface area contributed by atoms with Gasteiger partial charge in [-0.05, 0) is 6.92 Å². The molecule has 3 heteroatoms. The van der Waals surface area contributed by atoms with Crippen molar-refractivity contribution in [1.29, 1.82) is 0 Å². The highest BCUT2D eigenvalue weighted by Gasteiger charge is 1.81. The molecule has 0 saturated carbocycles. The topological polar surface area (TPSA) is 28.7 Å². The zero-order chi connectivity index (χ0) is 5.98. The summed E-state index contributed by atoms with van der Waals surface area (Å²) in [4.78, 5) is 6.80. The SMILES string of the molecule is Cc1ncc[nH]c1=S. The molecule has 0 radical (unpaired) electrons. The second-order valence-corrected chi connectivity index (χ2v) is 1.91. The van der Waals surface area contributed by atoms with E-state index in [0.29, 0.717) is 4.64 Å². The zero-order valence-electron chi connectivity index (χ0n) is 4.51. The van der Waals surface area contributed by atoms with Crippen molar-refractivity contribution in [2.75, 3.05) is 0 Å². The summed E-state index contributed by atoms with van der Waals surface area (Å²) < 4.78 is 0.715. The van der Waals surface area contributed by atoms with Crippen molar-refractivity contribution in [2.45, 2.75) is 6.92 Å². The van der Waals surface area contributed by atoms with Gasteiger partial charge in [0.25, 0.3) is 0 Å². The van der Waals surface area contributed by atoms with E-state index < -0.39 is 0 Å². The molecule has 1 heterocycles. The Morgan fingerprint density at radius 1 is 1.75 bits per heavy atom. The van der Waals surface area contributed by atoms with E-state index in [1.165, 1.54) is 0 Å². The van der Waals surface area contributed by atoms with Crippen LogP contribution in [-0.2, 0) is 0 Å². The third-order valence-electron chi connectivity index (χ3n) is 0.886. The van der Waals surface area contributed by atoms with Crippen LogP contribution in [0.25, 0.3) is 0 Å². The zero-order valence-corrected chi connectivity index (χ0v) is 5.33. The molecule has 1 aromatic rings. The van der Waals surface area contributed by atoms with Crippen LogP contribution in [0, 0.1) is 11.6 Å². The number of hydrogen-bond donors (Lipinski definition) is 1. The summed E-state index contributed by atoms with van der Waals surface area (Å²) in [6, 6.07) is 0. The molecule has 0 aromatic carbocycles. The number of aromatic nitrogens is 2. The van der Waals surface area contributed by atoms with Crippen LogP contribution in [0.4, 0.5) is 0 Å². The Hall–Kier alpha value is -0.700. The maximum absolute atomic E-state index is 4.84. The monoisotopic (exact) mass is 126 g/mol. The summed E-state index contributed by atoms with van der Waals surface area (Å²) >= 11 is 4.84. The number of nitrogens with zero attached hydrogens (tertiary/aromatic N) is 1. The first-order valence-corrected chi connectivity index (χ1v) is 2.72. The predicted octanol–water partition coefficient (Wildman–Crippen LogP) is 1.45. The normalized spacial score (nSPS) is 9.12. The molecule has 0 aliphatic heterocycles. The quantitative estimate of drug-likeness (QED) is 0.533. The third-order valence-corrected chi connectivity index (χ3v) is 1.30. The van der Waals surface area contributed by atoms with Gasteiger partial charge in [0.15, 0.2) is 0 Å². The van der Waals surface area contributed by atoms with E-state index in [4.69, 9.17) is 12.2 Å². The lowest BCUT2D eigenvalue weighted by atomic mass is 10.5. The summed E-state index contributed by atoms with van der Waals surface area (Å²) in [5, 5.41) is 0. The molecule has 1 N–H and O–H groups in total. The molecule has 2 nitrogen and oxygen atoms in total. The van der Waals surface area contributed by atoms with Gasteiger partial charge in [-0.25, -0.2) is 0 Å². The van der Waals surface area contributed by atoms with E-state index in [1.54, 1.807) is 12.4 Å². The van der Waals surface area contributed by atoms with Gasteiger partial charge in [-0.2, -0.15) is 0 Å². The van der Waals surface area contributed by atoms with E-state index >= 15 is 0 Å². The summed E-state index contributed by atoms with van der Waals surface area (Å²) in [5.41, 5.74) is 0.877. The maximum Gasteiger partial charge on any atom is 0.124 e. The predicted molar refractivity (Wildman–Crippen MR) is 34.2 cm³/mol. The smallest absolute Gasteiger partial charge is 0.124 e. The van der Waals surface area contributed by atoms with Crippen LogP contribution in [0.1, 0.15) is 5.69 Å². The lowest BCUT2D eigenvalue weighted by Crippen LogP contribution is -1.81. The maximum atomic E-state index is 4.84. The van der Waals surface area contributed by atoms with E-state index in [-0.39, 0.29) is 0 Å². The molecule has 8 heavy (non-hydrogen) atoms. The summed E-state index contributed by atoms with van der Waals surface area (Å²) in [7, 11) is 0. The fraction of sp³-hybridized carbons (Fsp3) is 0.200. The molecule has 42 valence electrons. The third kappa shape index (κ3) is 0.924. The first-order chi connectivity index (χ1) is 3.80. The second kappa shape index (κ2) is 2.05. The molecule has 0 saturated heterocycles. The molecule has 0 aliphatic carbocycles. The minimum absolute atomic E-state index is 0.715. The Balaban J connectivity index is 3.35. The van der Waals surface area contributed by atoms with Gasteiger partial charge in [0.1, 0.15) is 4.64 Å². The first kappa shape index (κ1) is 5.44. The van der Waals surface area contributed by atoms with Crippen molar-refractivity contribution in [3.05, 3.63) is 22.7 Å². The molecule has 0 spiro atoms. The average Bonchev–Trinajstić information content (AvgIpc) is 1.77. The molecule has 1 rings (SSSR count). The van der Waals surface area contributed by atoms with Crippen LogP contribution in [-0.4, -0.2) is 9.97 Å². The fourth-order valence-corrected chi connectivity index (χ4v) is 0.546. The Morgan fingerprint density at radius 3 is 2.88 bits per heavy atom. The number of H-pyrrole nitrogens is 1. The Labute approximate surface area is 52.6 Å². The second-order valence-electron chi connectivity index (χ2n) is 1.50. The van der Waals surface area contributed by atoms with Gasteiger partial charge in [0, 0.05) is 12.4 Å². The molecule has 0 atom stereocenters. The number of hydrogen-bond acceptors (Lipinski definition) is 2. The van der Waals surface area contributed by atoms with Gasteiger partial charge in [-0.1, -0.05) is 12.2 Å². The summed E-state index contributed by atoms with van der Waals surface area (Å²) in [6.45, 7) is 1.87. The Bertz CT molecular complexity index is 228. The molecule has 0 bridgehead atoms. The number of rotatable bonds is 0. The first-order valence-electron chi connectivity index (χ1n) is 2.31. The van der Waals surface area contributed by atoms with Crippen LogP contribution in [0.2, 0.25) is 0 Å².